The van der Waals surface area contributed by atoms with Crippen LogP contribution < -0.4 is 15.0 Å². The van der Waals surface area contributed by atoms with Crippen LogP contribution in [-0.2, 0) is 99.8 Å². The van der Waals surface area contributed by atoms with Gasteiger partial charge in [-0.15, -0.1) is 12.4 Å². The molecule has 0 unspecified atom stereocenters. The highest BCUT2D eigenvalue weighted by atomic mass is 79.9. The Labute approximate surface area is 796 Å². The van der Waals surface area contributed by atoms with Crippen LogP contribution in [0.1, 0.15) is 164 Å². The quantitative estimate of drug-likeness (QED) is 0.00673. The van der Waals surface area contributed by atoms with Crippen molar-refractivity contribution in [1.82, 2.24) is 10.5 Å². The number of nitrogens with one attached hydrogen (secondary N) is 1. The summed E-state index contributed by atoms with van der Waals surface area (Å²) in [5.41, 5.74) is 22.7. The van der Waals surface area contributed by atoms with E-state index in [4.69, 9.17) is 40.5 Å². The Morgan fingerprint density at radius 1 is 0.530 bits per heavy atom. The van der Waals surface area contributed by atoms with Gasteiger partial charge in [0, 0.05) is 147 Å². The molecule has 1 fully saturated rings. The van der Waals surface area contributed by atoms with Gasteiger partial charge in [0.1, 0.15) is 48.2 Å². The predicted octanol–water partition coefficient (Wildman–Crippen LogP) is 21.7. The monoisotopic (exact) mass is 1950 g/mol. The first kappa shape index (κ1) is 111. The summed E-state index contributed by atoms with van der Waals surface area (Å²) in [5, 5.41) is 9.86. The van der Waals surface area contributed by atoms with Gasteiger partial charge < -0.3 is 38.4 Å². The van der Waals surface area contributed by atoms with E-state index in [0.29, 0.717) is 82.5 Å². The zero-order chi connectivity index (χ0) is 95.9. The summed E-state index contributed by atoms with van der Waals surface area (Å²) in [5.74, 6) is -2.02. The number of aliphatic imine (C=N–C) groups is 5. The number of aldehydes is 2. The van der Waals surface area contributed by atoms with Crippen molar-refractivity contribution in [3.8, 4) is 33.8 Å². The van der Waals surface area contributed by atoms with Gasteiger partial charge in [-0.2, -0.15) is 0 Å². The fraction of sp³-hybridized carbons (Fsp3) is 0.353. The van der Waals surface area contributed by atoms with Crippen LogP contribution in [0.15, 0.2) is 205 Å². The van der Waals surface area contributed by atoms with Crippen molar-refractivity contribution >= 4 is 129 Å². The van der Waals surface area contributed by atoms with E-state index in [1.165, 1.54) is 95.8 Å². The number of nitrogens with zero attached hydrogens (tertiary/aromatic N) is 6. The van der Waals surface area contributed by atoms with Crippen LogP contribution in [-0.4, -0.2) is 173 Å². The number of fused-ring (bicyclic) bond motifs is 5. The van der Waals surface area contributed by atoms with E-state index < -0.39 is 39.8 Å². The number of hydrogen-bond donors (Lipinski definition) is 2. The zero-order valence-corrected chi connectivity index (χ0v) is 83.3. The number of hydrogen-bond acceptors (Lipinski definition) is 21. The molecule has 6 aliphatic rings. The standard InChI is InChI=1S/C25H22FNO2.C14H12BrFO.C13H16N2O2.C11H11NO2.2C9H7NO.C7H18OSi.C6H15ClOSi.C6H8O4.C2H7NO.ClH/c1-2-29-25-14-19(9-11-22(25)18-6-4-8-21(26)13-18)24(28)12-10-17-5-3-7-20-15-27-16-23(17)20;1-2-17-14-9-11(15)6-7-13(14)10-4-3-5-12(16)8-10;1-15(17-2)13(16)7-6-10-4-3-5-11-8-14-9-12(10)11;13-11(14)5-4-8-2-1-3-9-6-12-7-10(8)9;2*11-6-8-3-1-2-7-4-10-5-9(7)8;1-5-8-6-7-9(2,3)4;1-9(2,3)5-4-8-6-7;1-6(2)9-4(7)3-5(8)10-6;1-3-4-2;/h3-9,11,13-15H,2,10,12,16H2,1H3;3-9H,2H2,1H3;3-5,8H,6-7,9H2,1-2H3;1-3,6H,4-5,7H2,(H,13,14);2*1-4,6H,5H2;5-7H2,1-4H3;4-6H2,1-3H3;3H2,1-2H3;3H,1-2H3;1H. The number of carboxylic acids is 1. The zero-order valence-electron chi connectivity index (χ0n) is 78.1. The number of aliphatic carboxylic acids is 1. The first-order chi connectivity index (χ1) is 62.7. The molecule has 706 valence electrons. The summed E-state index contributed by atoms with van der Waals surface area (Å²) in [4.78, 5) is 107. The van der Waals surface area contributed by atoms with Gasteiger partial charge in [-0.05, 0) is 190 Å². The SMILES string of the molecule is CC1(C)OC(=O)CC(=O)O1.CCOCC[Si](C)(C)C.CCOc1cc(Br)ccc1-c1cccc(F)c1.CCOc1cc(C(=O)CCc2cccc3c2CN=C3)ccc1-c1cccc(F)c1.CNOC.CON(C)C(=O)CCc1cccc2c1CN=C2.C[Si](C)(C)CCOCCl.Cl.O=C(O)CCc1cccc2c1CN=C2.O=Cc1cccc2c1CN=C2.O=Cc1cccc2c1CN=C2. The van der Waals surface area contributed by atoms with Crippen LogP contribution in [0.3, 0.4) is 0 Å². The number of halogens is 5. The summed E-state index contributed by atoms with van der Waals surface area (Å²) in [6.07, 6.45) is 13.8. The fourth-order valence-corrected chi connectivity index (χ4v) is 15.2. The van der Waals surface area contributed by atoms with Gasteiger partial charge in [0.2, 0.25) is 5.91 Å². The number of ether oxygens (including phenoxy) is 6. The summed E-state index contributed by atoms with van der Waals surface area (Å²) >= 11 is 8.72. The van der Waals surface area contributed by atoms with Crippen molar-refractivity contribution in [3.63, 3.8) is 0 Å². The Bertz CT molecular complexity index is 5310. The molecule has 0 bridgehead atoms. The average Bonchev–Trinajstić information content (AvgIpc) is 1.35. The number of benzene rings is 9. The minimum absolute atomic E-state index is 0. The number of amides is 1. The summed E-state index contributed by atoms with van der Waals surface area (Å²) in [6, 6.07) is 56.4. The molecule has 30 heteroatoms. The van der Waals surface area contributed by atoms with Crippen molar-refractivity contribution in [2.75, 3.05) is 67.4 Å². The first-order valence-electron chi connectivity index (χ1n) is 43.3. The molecule has 0 aliphatic carbocycles. The first-order valence-corrected chi connectivity index (χ1v) is 52.0. The summed E-state index contributed by atoms with van der Waals surface area (Å²) in [6.45, 7) is 30.1. The van der Waals surface area contributed by atoms with E-state index in [1.54, 1.807) is 45.5 Å². The van der Waals surface area contributed by atoms with Crippen LogP contribution in [0.2, 0.25) is 51.4 Å². The molecule has 2 N–H and O–H groups in total. The number of carbonyl (C=O) groups excluding carboxylic acids is 6. The molecule has 15 rings (SSSR count). The van der Waals surface area contributed by atoms with Gasteiger partial charge in [0.05, 0.1) is 60.2 Å². The van der Waals surface area contributed by atoms with Crippen LogP contribution in [0.4, 0.5) is 8.78 Å². The minimum atomic E-state index is -1.08. The molecule has 23 nitrogen and oxygen atoms in total. The van der Waals surface area contributed by atoms with Gasteiger partial charge >= 0.3 is 17.9 Å². The van der Waals surface area contributed by atoms with Crippen molar-refractivity contribution < 1.29 is 85.5 Å². The lowest BCUT2D eigenvalue weighted by Gasteiger charge is -2.28. The lowest BCUT2D eigenvalue weighted by atomic mass is 9.95. The molecule has 9 aromatic rings. The number of ketones is 1. The van der Waals surface area contributed by atoms with Gasteiger partial charge in [-0.3, -0.25) is 63.4 Å². The van der Waals surface area contributed by atoms with Crippen molar-refractivity contribution in [3.05, 3.63) is 281 Å². The number of esters is 2. The third kappa shape index (κ3) is 39.4. The van der Waals surface area contributed by atoms with Crippen molar-refractivity contribution in [1.29, 1.82) is 0 Å². The molecular weight excluding hydrogens is 1820 g/mol. The molecule has 9 aromatic carbocycles. The van der Waals surface area contributed by atoms with Crippen LogP contribution in [0.25, 0.3) is 22.3 Å². The van der Waals surface area contributed by atoms with Crippen LogP contribution in [0.5, 0.6) is 11.5 Å². The second kappa shape index (κ2) is 58.8. The second-order valence-electron chi connectivity index (χ2n) is 32.8. The molecule has 132 heavy (non-hydrogen) atoms. The Hall–Kier alpha value is -11.0. The van der Waals surface area contributed by atoms with Crippen molar-refractivity contribution in [2.24, 2.45) is 25.0 Å². The molecule has 1 amide bonds. The molecule has 0 atom stereocenters. The number of carbonyl (C=O) groups is 7. The smallest absolute Gasteiger partial charge is 0.320 e. The van der Waals surface area contributed by atoms with Gasteiger partial charge in [-0.25, -0.2) is 19.3 Å². The maximum Gasteiger partial charge on any atom is 0.320 e. The number of hydroxylamine groups is 3. The molecule has 0 radical (unpaired) electrons. The Kier molecular flexibility index (Phi) is 49.6. The fourth-order valence-electron chi connectivity index (χ4n) is 13.2. The summed E-state index contributed by atoms with van der Waals surface area (Å²) < 4.78 is 58.7. The lowest BCUT2D eigenvalue weighted by molar-refractivity contribution is -0.231. The average molecular weight is 1950 g/mol. The van der Waals surface area contributed by atoms with E-state index in [9.17, 15) is 42.3 Å². The highest BCUT2D eigenvalue weighted by Crippen LogP contribution is 2.35. The molecule has 0 saturated carbocycles. The molecule has 0 aromatic heterocycles. The second-order valence-corrected chi connectivity index (χ2v) is 45.1. The molecule has 1 saturated heterocycles. The maximum absolute atomic E-state index is 13.6. The van der Waals surface area contributed by atoms with Crippen LogP contribution in [0, 0.1) is 11.6 Å². The number of Topliss-reactive ketones (excluding diaryl/α,β-unsaturated/α-hetero) is 1. The largest absolute Gasteiger partial charge is 0.493 e. The third-order valence-electron chi connectivity index (χ3n) is 20.1. The number of aryl methyl sites for hydroxylation is 3. The van der Waals surface area contributed by atoms with E-state index in [1.807, 2.05) is 155 Å². The number of carboxylic acid groups (broad SMARTS) is 1. The van der Waals surface area contributed by atoms with Crippen molar-refractivity contribution in [2.45, 2.75) is 169 Å². The number of cyclic esters (lactones) is 2. The number of alkyl halides is 1. The molecule has 0 spiro atoms. The van der Waals surface area contributed by atoms with Crippen LogP contribution >= 0.6 is 39.9 Å². The van der Waals surface area contributed by atoms with Gasteiger partial charge in [0.25, 0.3) is 5.79 Å². The Morgan fingerprint density at radius 3 is 1.28 bits per heavy atom. The molecular formula is C102H124BrCl2F2N7O16Si2. The molecule has 6 aliphatic heterocycles. The normalized spacial score (nSPS) is 12.8. The van der Waals surface area contributed by atoms with Gasteiger partial charge in [-0.1, -0.05) is 188 Å². The third-order valence-corrected chi connectivity index (χ3v) is 24.2. The summed E-state index contributed by atoms with van der Waals surface area (Å²) in [7, 11) is 4.70. The maximum atomic E-state index is 13.6. The van der Waals surface area contributed by atoms with E-state index >= 15 is 0 Å². The lowest BCUT2D eigenvalue weighted by Crippen LogP contribution is -2.39. The topological polar surface area (TPSA) is 291 Å². The van der Waals surface area contributed by atoms with E-state index in [-0.39, 0.29) is 48.6 Å². The predicted molar refractivity (Wildman–Crippen MR) is 534 cm³/mol. The van der Waals surface area contributed by atoms with E-state index in [2.05, 4.69) is 124 Å². The van der Waals surface area contributed by atoms with E-state index in [0.717, 1.165) is 128 Å². The number of rotatable bonds is 28. The highest BCUT2D eigenvalue weighted by molar-refractivity contribution is 9.10. The Morgan fingerprint density at radius 2 is 0.909 bits per heavy atom. The molecule has 6 heterocycles. The minimum Gasteiger partial charge on any atom is -0.493 e. The Balaban J connectivity index is 0.000000269. The highest BCUT2D eigenvalue weighted by Gasteiger charge is 2.34. The van der Waals surface area contributed by atoms with Gasteiger partial charge in [0.15, 0.2) is 5.78 Å².